The van der Waals surface area contributed by atoms with Gasteiger partial charge in [-0.3, -0.25) is 15.1 Å². The van der Waals surface area contributed by atoms with Crippen molar-refractivity contribution in [3.05, 3.63) is 81.0 Å². The first-order valence-corrected chi connectivity index (χ1v) is 10.6. The monoisotopic (exact) mass is 435 g/mol. The number of allylic oxidation sites excluding steroid dienone is 1. The van der Waals surface area contributed by atoms with Gasteiger partial charge in [-0.1, -0.05) is 12.1 Å². The molecular weight excluding hydrogens is 410 g/mol. The van der Waals surface area contributed by atoms with E-state index in [0.717, 1.165) is 35.4 Å². The van der Waals surface area contributed by atoms with Crippen LogP contribution in [0, 0.1) is 16.0 Å². The molecule has 0 unspecified atom stereocenters. The van der Waals surface area contributed by atoms with Gasteiger partial charge in [0.25, 0.3) is 5.69 Å². The number of hydrazone groups is 1. The average molecular weight is 435 g/mol. The van der Waals surface area contributed by atoms with E-state index < -0.39 is 10.9 Å². The van der Waals surface area contributed by atoms with Gasteiger partial charge in [-0.25, -0.2) is 4.79 Å². The molecule has 32 heavy (non-hydrogen) atoms. The number of nitrogens with zero attached hydrogens (tertiary/aromatic N) is 3. The second kappa shape index (κ2) is 8.82. The molecule has 0 aromatic heterocycles. The fourth-order valence-electron chi connectivity index (χ4n) is 4.47. The van der Waals surface area contributed by atoms with E-state index >= 15 is 0 Å². The molecule has 1 aliphatic heterocycles. The number of nitro groups is 1. The van der Waals surface area contributed by atoms with Gasteiger partial charge in [0.2, 0.25) is 0 Å². The van der Waals surface area contributed by atoms with Gasteiger partial charge in [0.15, 0.2) is 0 Å². The van der Waals surface area contributed by atoms with E-state index in [-0.39, 0.29) is 17.6 Å². The summed E-state index contributed by atoms with van der Waals surface area (Å²) >= 11 is 0. The Balaban J connectivity index is 1.77. The van der Waals surface area contributed by atoms with Crippen LogP contribution in [0.5, 0.6) is 5.75 Å². The summed E-state index contributed by atoms with van der Waals surface area (Å²) in [5.74, 6) is 0.471. The van der Waals surface area contributed by atoms with Crippen LogP contribution in [-0.4, -0.2) is 35.3 Å². The van der Waals surface area contributed by atoms with Gasteiger partial charge in [-0.2, -0.15) is 5.10 Å². The van der Waals surface area contributed by atoms with Gasteiger partial charge < -0.3 is 9.47 Å². The number of benzene rings is 2. The Hall–Kier alpha value is -3.68. The van der Waals surface area contributed by atoms with E-state index in [9.17, 15) is 14.9 Å². The lowest BCUT2D eigenvalue weighted by molar-refractivity contribution is -0.384. The Morgan fingerprint density at radius 2 is 2.03 bits per heavy atom. The van der Waals surface area contributed by atoms with Gasteiger partial charge in [0.1, 0.15) is 5.75 Å². The maximum atomic E-state index is 12.1. The van der Waals surface area contributed by atoms with E-state index in [1.807, 2.05) is 30.1 Å². The van der Waals surface area contributed by atoms with Crippen molar-refractivity contribution in [1.82, 2.24) is 5.01 Å². The Morgan fingerprint density at radius 3 is 2.69 bits per heavy atom. The van der Waals surface area contributed by atoms with Gasteiger partial charge in [0, 0.05) is 35.4 Å². The Labute approximate surface area is 186 Å². The van der Waals surface area contributed by atoms with Crippen LogP contribution in [0.4, 0.5) is 5.69 Å². The van der Waals surface area contributed by atoms with Crippen LogP contribution >= 0.6 is 0 Å². The molecule has 0 radical (unpaired) electrons. The third-order valence-electron chi connectivity index (χ3n) is 5.94. The Kier molecular flexibility index (Phi) is 5.94. The second-order valence-corrected chi connectivity index (χ2v) is 7.83. The van der Waals surface area contributed by atoms with Crippen LogP contribution in [0.15, 0.2) is 59.3 Å². The topological polar surface area (TPSA) is 94.3 Å². The fraction of sp³-hybridized carbons (Fsp3) is 0.333. The molecule has 1 aliphatic carbocycles. The summed E-state index contributed by atoms with van der Waals surface area (Å²) in [6.45, 7) is 3.88. The zero-order valence-electron chi connectivity index (χ0n) is 18.3. The third-order valence-corrected chi connectivity index (χ3v) is 5.94. The van der Waals surface area contributed by atoms with E-state index in [1.54, 1.807) is 26.2 Å². The maximum Gasteiger partial charge on any atom is 0.332 e. The molecule has 2 aromatic rings. The smallest absolute Gasteiger partial charge is 0.332 e. The quantitative estimate of drug-likeness (QED) is 0.289. The summed E-state index contributed by atoms with van der Waals surface area (Å²) in [4.78, 5) is 22.8. The van der Waals surface area contributed by atoms with Crippen molar-refractivity contribution >= 4 is 17.4 Å². The highest BCUT2D eigenvalue weighted by Gasteiger charge is 2.42. The molecule has 0 N–H and O–H groups in total. The van der Waals surface area contributed by atoms with Gasteiger partial charge in [-0.05, 0) is 56.0 Å². The number of non-ortho nitro benzene ring substituents is 1. The minimum atomic E-state index is -0.423. The second-order valence-electron chi connectivity index (χ2n) is 7.83. The highest BCUT2D eigenvalue weighted by atomic mass is 16.6. The molecule has 0 saturated heterocycles. The van der Waals surface area contributed by atoms with Crippen LogP contribution in [0.2, 0.25) is 0 Å². The molecular formula is C24H25N3O5. The number of methoxy groups -OCH3 is 1. The number of hydrogen-bond donors (Lipinski definition) is 0. The van der Waals surface area contributed by atoms with E-state index in [2.05, 4.69) is 0 Å². The van der Waals surface area contributed by atoms with Crippen molar-refractivity contribution in [3.63, 3.8) is 0 Å². The number of carbonyl (C=O) groups excluding carboxylic acids is 1. The fourth-order valence-corrected chi connectivity index (χ4v) is 4.47. The predicted octanol–water partition coefficient (Wildman–Crippen LogP) is 4.39. The molecule has 4 rings (SSSR count). The standard InChI is InChI=1S/C24H25N3O5/c1-4-32-22(28)13-15(2)26-24(16-5-8-18(9-6-16)27(29)30)21-11-7-17-14-19(31-3)10-12-20(17)23(21)25-26/h5-6,8-10,12-14,21,24H,4,7,11H2,1-3H3/b15-13-/t21-,24+/m0/s1. The third kappa shape index (κ3) is 3.95. The SMILES string of the molecule is CCOC(=O)/C=C(/C)N1N=C2c3ccc(OC)cc3CC[C@@H]2[C@H]1c1ccc([N+](=O)[O-])cc1. The lowest BCUT2D eigenvalue weighted by Crippen LogP contribution is -2.28. The molecule has 8 nitrogen and oxygen atoms in total. The van der Waals surface area contributed by atoms with Crippen molar-refractivity contribution in [2.24, 2.45) is 11.0 Å². The van der Waals surface area contributed by atoms with Crippen LogP contribution in [0.3, 0.4) is 0 Å². The average Bonchev–Trinajstić information content (AvgIpc) is 3.19. The Morgan fingerprint density at radius 1 is 1.28 bits per heavy atom. The lowest BCUT2D eigenvalue weighted by Gasteiger charge is -2.31. The molecule has 0 bridgehead atoms. The molecule has 2 aromatic carbocycles. The first kappa shape index (κ1) is 21.5. The van der Waals surface area contributed by atoms with Gasteiger partial charge in [0.05, 0.1) is 30.4 Å². The van der Waals surface area contributed by atoms with Crippen LogP contribution < -0.4 is 4.74 Å². The summed E-state index contributed by atoms with van der Waals surface area (Å²) in [6.07, 6.45) is 3.18. The van der Waals surface area contributed by atoms with Crippen molar-refractivity contribution in [2.45, 2.75) is 32.7 Å². The first-order valence-electron chi connectivity index (χ1n) is 10.6. The molecule has 166 valence electrons. The van der Waals surface area contributed by atoms with Crippen LogP contribution in [0.1, 0.15) is 43.0 Å². The highest BCUT2D eigenvalue weighted by Crippen LogP contribution is 2.45. The minimum absolute atomic E-state index is 0.0410. The molecule has 2 aliphatic rings. The van der Waals surface area contributed by atoms with E-state index in [4.69, 9.17) is 14.6 Å². The molecule has 0 amide bonds. The summed E-state index contributed by atoms with van der Waals surface area (Å²) in [6, 6.07) is 12.4. The Bertz CT molecular complexity index is 1110. The van der Waals surface area contributed by atoms with Crippen molar-refractivity contribution in [1.29, 1.82) is 0 Å². The molecule has 8 heteroatoms. The number of fused-ring (bicyclic) bond motifs is 3. The minimum Gasteiger partial charge on any atom is -0.497 e. The normalized spacial score (nSPS) is 19.7. The number of carbonyl (C=O) groups is 1. The van der Waals surface area contributed by atoms with Gasteiger partial charge >= 0.3 is 5.97 Å². The molecule has 0 fully saturated rings. The number of ether oxygens (including phenoxy) is 2. The van der Waals surface area contributed by atoms with Crippen LogP contribution in [-0.2, 0) is 16.0 Å². The van der Waals surface area contributed by atoms with Gasteiger partial charge in [-0.15, -0.1) is 0 Å². The number of rotatable bonds is 6. The maximum absolute atomic E-state index is 12.1. The first-order chi connectivity index (χ1) is 15.4. The lowest BCUT2D eigenvalue weighted by atomic mass is 9.77. The number of aryl methyl sites for hydroxylation is 1. The summed E-state index contributed by atoms with van der Waals surface area (Å²) < 4.78 is 10.4. The van der Waals surface area contributed by atoms with Crippen molar-refractivity contribution < 1.29 is 19.2 Å². The molecule has 2 atom stereocenters. The van der Waals surface area contributed by atoms with Crippen LogP contribution in [0.25, 0.3) is 0 Å². The number of esters is 1. The zero-order valence-corrected chi connectivity index (χ0v) is 18.3. The molecule has 0 spiro atoms. The van der Waals surface area contributed by atoms with Crippen molar-refractivity contribution in [3.8, 4) is 5.75 Å². The van der Waals surface area contributed by atoms with E-state index in [1.165, 1.54) is 23.8 Å². The molecule has 1 heterocycles. The largest absolute Gasteiger partial charge is 0.497 e. The zero-order chi connectivity index (χ0) is 22.8. The van der Waals surface area contributed by atoms with E-state index in [0.29, 0.717) is 12.3 Å². The number of nitro benzene ring substituents is 1. The summed E-state index contributed by atoms with van der Waals surface area (Å²) in [5.41, 5.74) is 4.81. The molecule has 0 saturated carbocycles. The predicted molar refractivity (Wildman–Crippen MR) is 119 cm³/mol. The number of hydrogen-bond acceptors (Lipinski definition) is 7. The summed E-state index contributed by atoms with van der Waals surface area (Å²) in [7, 11) is 1.65. The highest BCUT2D eigenvalue weighted by molar-refractivity contribution is 6.06. The summed E-state index contributed by atoms with van der Waals surface area (Å²) in [5, 5.41) is 17.9. The van der Waals surface area contributed by atoms with Crippen molar-refractivity contribution in [2.75, 3.05) is 13.7 Å².